The number of aromatic nitrogens is 4. The van der Waals surface area contributed by atoms with Gasteiger partial charge in [-0.1, -0.05) is 42.5 Å². The number of nitrogens with two attached hydrogens (primary N) is 1. The summed E-state index contributed by atoms with van der Waals surface area (Å²) in [7, 11) is 0. The van der Waals surface area contributed by atoms with E-state index in [0.717, 1.165) is 16.9 Å². The van der Waals surface area contributed by atoms with Gasteiger partial charge in [0.25, 0.3) is 5.91 Å². The Kier molecular flexibility index (Phi) is 6.67. The van der Waals surface area contributed by atoms with Crippen LogP contribution in [0.4, 0.5) is 11.5 Å². The Morgan fingerprint density at radius 3 is 2.41 bits per heavy atom. The molecule has 0 bridgehead atoms. The quantitative estimate of drug-likeness (QED) is 0.239. The Morgan fingerprint density at radius 1 is 0.854 bits per heavy atom. The molecular weight excluding hydrogens is 516 g/mol. The SMILES string of the molecule is Nc1ncccc1-c1nc2ccc(-c3ccccc3)nc2n1-c1ccc(NC(=O)c2cccc(CC(=O)O)c2)cc1. The van der Waals surface area contributed by atoms with Crippen LogP contribution < -0.4 is 11.1 Å². The van der Waals surface area contributed by atoms with Crippen LogP contribution in [0.25, 0.3) is 39.5 Å². The van der Waals surface area contributed by atoms with Gasteiger partial charge in [-0.3, -0.25) is 14.2 Å². The van der Waals surface area contributed by atoms with Crippen molar-refractivity contribution in [2.75, 3.05) is 11.1 Å². The van der Waals surface area contributed by atoms with Crippen molar-refractivity contribution in [1.82, 2.24) is 19.5 Å². The van der Waals surface area contributed by atoms with Gasteiger partial charge in [0.05, 0.1) is 17.7 Å². The third kappa shape index (κ3) is 5.24. The Morgan fingerprint density at radius 2 is 1.66 bits per heavy atom. The second-order valence-electron chi connectivity index (χ2n) is 9.38. The van der Waals surface area contributed by atoms with Crippen LogP contribution in [0.3, 0.4) is 0 Å². The number of benzene rings is 3. The molecule has 4 N–H and O–H groups in total. The molecular formula is C32H24N6O3. The van der Waals surface area contributed by atoms with Crippen molar-refractivity contribution in [3.63, 3.8) is 0 Å². The van der Waals surface area contributed by atoms with E-state index >= 15 is 0 Å². The second-order valence-corrected chi connectivity index (χ2v) is 9.38. The van der Waals surface area contributed by atoms with Gasteiger partial charge in [0.2, 0.25) is 0 Å². The van der Waals surface area contributed by atoms with Crippen LogP contribution in [0.5, 0.6) is 0 Å². The maximum Gasteiger partial charge on any atom is 0.307 e. The minimum atomic E-state index is -0.956. The Balaban J connectivity index is 1.38. The van der Waals surface area contributed by atoms with E-state index in [9.17, 15) is 9.59 Å². The number of carbonyl (C=O) groups excluding carboxylic acids is 1. The van der Waals surface area contributed by atoms with Gasteiger partial charge in [0, 0.05) is 28.7 Å². The first-order valence-corrected chi connectivity index (χ1v) is 12.8. The molecule has 200 valence electrons. The van der Waals surface area contributed by atoms with Crippen molar-refractivity contribution >= 4 is 34.5 Å². The summed E-state index contributed by atoms with van der Waals surface area (Å²) < 4.78 is 1.93. The summed E-state index contributed by atoms with van der Waals surface area (Å²) in [5.74, 6) is -0.351. The lowest BCUT2D eigenvalue weighted by molar-refractivity contribution is -0.136. The number of nitrogens with one attached hydrogen (secondary N) is 1. The highest BCUT2D eigenvalue weighted by molar-refractivity contribution is 6.04. The molecule has 3 aromatic heterocycles. The molecule has 9 heteroatoms. The molecule has 1 amide bonds. The third-order valence-corrected chi connectivity index (χ3v) is 6.58. The number of rotatable bonds is 7. The van der Waals surface area contributed by atoms with E-state index in [4.69, 9.17) is 20.8 Å². The Labute approximate surface area is 235 Å². The zero-order chi connectivity index (χ0) is 28.3. The van der Waals surface area contributed by atoms with Gasteiger partial charge in [-0.2, -0.15) is 0 Å². The minimum Gasteiger partial charge on any atom is -0.481 e. The van der Waals surface area contributed by atoms with Crippen LogP contribution >= 0.6 is 0 Å². The van der Waals surface area contributed by atoms with Gasteiger partial charge in [-0.05, 0) is 66.2 Å². The normalized spacial score (nSPS) is 10.9. The van der Waals surface area contributed by atoms with Crippen LogP contribution in [0, 0.1) is 0 Å². The molecule has 6 aromatic rings. The van der Waals surface area contributed by atoms with E-state index in [1.54, 1.807) is 42.6 Å². The van der Waals surface area contributed by atoms with E-state index < -0.39 is 5.97 Å². The molecule has 41 heavy (non-hydrogen) atoms. The standard InChI is InChI=1S/C32H24N6O3/c33-29-25(10-5-17-34-29)30-37-27-16-15-26(21-7-2-1-3-8-21)36-31(27)38(30)24-13-11-23(12-14-24)35-32(41)22-9-4-6-20(18-22)19-28(39)40/h1-18H,19H2,(H2,33,34)(H,35,41)(H,39,40). The first-order chi connectivity index (χ1) is 20.0. The zero-order valence-corrected chi connectivity index (χ0v) is 21.7. The van der Waals surface area contributed by atoms with Gasteiger partial charge in [0.1, 0.15) is 11.3 Å². The van der Waals surface area contributed by atoms with Crippen molar-refractivity contribution in [1.29, 1.82) is 0 Å². The lowest BCUT2D eigenvalue weighted by Crippen LogP contribution is -2.12. The number of aliphatic carboxylic acids is 1. The fourth-order valence-corrected chi connectivity index (χ4v) is 4.65. The van der Waals surface area contributed by atoms with Crippen LogP contribution in [-0.4, -0.2) is 36.5 Å². The number of pyridine rings is 2. The number of hydrogen-bond donors (Lipinski definition) is 3. The van der Waals surface area contributed by atoms with Crippen LogP contribution in [0.2, 0.25) is 0 Å². The topological polar surface area (TPSA) is 136 Å². The van der Waals surface area contributed by atoms with Crippen molar-refractivity contribution in [2.45, 2.75) is 6.42 Å². The average Bonchev–Trinajstić information content (AvgIpc) is 3.36. The number of amides is 1. The molecule has 0 aliphatic heterocycles. The Hall–Kier alpha value is -5.83. The smallest absolute Gasteiger partial charge is 0.307 e. The van der Waals surface area contributed by atoms with Gasteiger partial charge >= 0.3 is 5.97 Å². The lowest BCUT2D eigenvalue weighted by atomic mass is 10.1. The second kappa shape index (κ2) is 10.7. The largest absolute Gasteiger partial charge is 0.481 e. The number of anilines is 2. The predicted octanol–water partition coefficient (Wildman–Crippen LogP) is 5.61. The zero-order valence-electron chi connectivity index (χ0n) is 21.7. The molecule has 3 heterocycles. The first-order valence-electron chi connectivity index (χ1n) is 12.8. The summed E-state index contributed by atoms with van der Waals surface area (Å²) >= 11 is 0. The lowest BCUT2D eigenvalue weighted by Gasteiger charge is -2.12. The summed E-state index contributed by atoms with van der Waals surface area (Å²) in [6.45, 7) is 0. The van der Waals surface area contributed by atoms with Crippen molar-refractivity contribution in [2.24, 2.45) is 0 Å². The van der Waals surface area contributed by atoms with Crippen molar-refractivity contribution < 1.29 is 14.7 Å². The van der Waals surface area contributed by atoms with E-state index in [-0.39, 0.29) is 12.3 Å². The minimum absolute atomic E-state index is 0.154. The fourth-order valence-electron chi connectivity index (χ4n) is 4.65. The number of nitrogens with zero attached hydrogens (tertiary/aromatic N) is 4. The van der Waals surface area contributed by atoms with Crippen LogP contribution in [-0.2, 0) is 11.2 Å². The molecule has 0 fully saturated rings. The summed E-state index contributed by atoms with van der Waals surface area (Å²) in [5.41, 5.74) is 12.3. The highest BCUT2D eigenvalue weighted by Gasteiger charge is 2.19. The molecule has 0 saturated carbocycles. The van der Waals surface area contributed by atoms with E-state index in [0.29, 0.717) is 45.2 Å². The number of hydrogen-bond acceptors (Lipinski definition) is 6. The van der Waals surface area contributed by atoms with Crippen LogP contribution in [0.1, 0.15) is 15.9 Å². The fraction of sp³-hybridized carbons (Fsp3) is 0.0312. The highest BCUT2D eigenvalue weighted by Crippen LogP contribution is 2.32. The number of carboxylic acids is 1. The van der Waals surface area contributed by atoms with Gasteiger partial charge in [-0.15, -0.1) is 0 Å². The molecule has 0 spiro atoms. The molecule has 0 atom stereocenters. The van der Waals surface area contributed by atoms with Gasteiger partial charge < -0.3 is 16.2 Å². The summed E-state index contributed by atoms with van der Waals surface area (Å²) in [6, 6.07) is 31.3. The molecule has 0 radical (unpaired) electrons. The number of carboxylic acid groups (broad SMARTS) is 1. The predicted molar refractivity (Wildman–Crippen MR) is 158 cm³/mol. The number of nitrogen functional groups attached to an aromatic ring is 1. The molecule has 0 aliphatic rings. The number of imidazole rings is 1. The van der Waals surface area contributed by atoms with Crippen LogP contribution in [0.15, 0.2) is 109 Å². The van der Waals surface area contributed by atoms with E-state index in [1.807, 2.05) is 71.3 Å². The maximum absolute atomic E-state index is 12.9. The molecule has 0 unspecified atom stereocenters. The van der Waals surface area contributed by atoms with Crippen molar-refractivity contribution in [3.8, 4) is 28.3 Å². The Bertz CT molecular complexity index is 1900. The summed E-state index contributed by atoms with van der Waals surface area (Å²) in [6.07, 6.45) is 1.48. The summed E-state index contributed by atoms with van der Waals surface area (Å²) in [5, 5.41) is 11.9. The number of fused-ring (bicyclic) bond motifs is 1. The van der Waals surface area contributed by atoms with E-state index in [2.05, 4.69) is 10.3 Å². The molecule has 6 rings (SSSR count). The van der Waals surface area contributed by atoms with Gasteiger partial charge in [0.15, 0.2) is 11.5 Å². The maximum atomic E-state index is 12.9. The molecule has 9 nitrogen and oxygen atoms in total. The van der Waals surface area contributed by atoms with E-state index in [1.165, 1.54) is 0 Å². The first kappa shape index (κ1) is 25.4. The average molecular weight is 541 g/mol. The molecule has 0 saturated heterocycles. The van der Waals surface area contributed by atoms with Crippen molar-refractivity contribution in [3.05, 3.63) is 120 Å². The monoisotopic (exact) mass is 540 g/mol. The molecule has 3 aromatic carbocycles. The number of carbonyl (C=O) groups is 2. The molecule has 0 aliphatic carbocycles. The summed E-state index contributed by atoms with van der Waals surface area (Å²) in [4.78, 5) is 38.0. The van der Waals surface area contributed by atoms with Gasteiger partial charge in [-0.25, -0.2) is 15.0 Å². The third-order valence-electron chi connectivity index (χ3n) is 6.58. The highest BCUT2D eigenvalue weighted by atomic mass is 16.4.